The second kappa shape index (κ2) is 3.90. The van der Waals surface area contributed by atoms with Gasteiger partial charge in [-0.05, 0) is 18.4 Å². The van der Waals surface area contributed by atoms with Gasteiger partial charge in [-0.2, -0.15) is 5.10 Å². The Kier molecular flexibility index (Phi) is 2.57. The highest BCUT2D eigenvalue weighted by atomic mass is 32.1. The fourth-order valence-electron chi connectivity index (χ4n) is 1.41. The van der Waals surface area contributed by atoms with Crippen LogP contribution in [0.15, 0.2) is 22.3 Å². The van der Waals surface area contributed by atoms with E-state index in [1.165, 1.54) is 18.3 Å². The summed E-state index contributed by atoms with van der Waals surface area (Å²) < 4.78 is 0. The molecule has 82 valence electrons. The van der Waals surface area contributed by atoms with Crippen molar-refractivity contribution in [2.75, 3.05) is 5.73 Å². The summed E-state index contributed by atoms with van der Waals surface area (Å²) in [4.78, 5) is 23.5. The van der Waals surface area contributed by atoms with Crippen LogP contribution in [0.4, 0.5) is 5.69 Å². The fourth-order valence-corrected chi connectivity index (χ4v) is 2.13. The third-order valence-electron chi connectivity index (χ3n) is 2.13. The van der Waals surface area contributed by atoms with E-state index in [2.05, 4.69) is 10.2 Å². The monoisotopic (exact) mass is 235 g/mol. The first-order valence-electron chi connectivity index (χ1n) is 4.54. The van der Waals surface area contributed by atoms with Crippen LogP contribution in [0.3, 0.4) is 0 Å². The molecule has 0 saturated heterocycles. The van der Waals surface area contributed by atoms with Gasteiger partial charge >= 0.3 is 0 Å². The zero-order valence-electron chi connectivity index (χ0n) is 8.48. The van der Waals surface area contributed by atoms with Crippen LogP contribution in [0.5, 0.6) is 0 Å². The van der Waals surface area contributed by atoms with Crippen LogP contribution in [0.2, 0.25) is 0 Å². The molecule has 0 atom stereocenters. The molecule has 2 aromatic heterocycles. The van der Waals surface area contributed by atoms with Crippen LogP contribution >= 0.6 is 11.3 Å². The number of thiophene rings is 1. The molecule has 0 unspecified atom stereocenters. The van der Waals surface area contributed by atoms with Crippen LogP contribution in [0, 0.1) is 0 Å². The first-order valence-corrected chi connectivity index (χ1v) is 5.42. The lowest BCUT2D eigenvalue weighted by Crippen LogP contribution is -2.19. The molecule has 0 aliphatic rings. The predicted octanol–water partition coefficient (Wildman–Crippen LogP) is 1.28. The van der Waals surface area contributed by atoms with E-state index >= 15 is 0 Å². The van der Waals surface area contributed by atoms with Crippen LogP contribution in [0.25, 0.3) is 10.6 Å². The van der Waals surface area contributed by atoms with Crippen molar-refractivity contribution in [2.45, 2.75) is 6.92 Å². The average molecular weight is 235 g/mol. The molecule has 0 aliphatic heterocycles. The average Bonchev–Trinajstić information content (AvgIpc) is 2.74. The summed E-state index contributed by atoms with van der Waals surface area (Å²) >= 11 is 1.43. The highest BCUT2D eigenvalue weighted by molar-refractivity contribution is 7.13. The summed E-state index contributed by atoms with van der Waals surface area (Å²) in [5.74, 6) is -0.264. The number of nitrogens with one attached hydrogen (secondary N) is 1. The van der Waals surface area contributed by atoms with E-state index in [0.717, 1.165) is 4.88 Å². The van der Waals surface area contributed by atoms with Crippen molar-refractivity contribution >= 4 is 22.8 Å². The van der Waals surface area contributed by atoms with Crippen molar-refractivity contribution in [1.82, 2.24) is 10.2 Å². The first kappa shape index (κ1) is 10.6. The van der Waals surface area contributed by atoms with E-state index < -0.39 is 5.56 Å². The van der Waals surface area contributed by atoms with Gasteiger partial charge in [0.15, 0.2) is 5.78 Å². The number of aromatic nitrogens is 2. The predicted molar refractivity (Wildman–Crippen MR) is 62.6 cm³/mol. The highest BCUT2D eigenvalue weighted by Gasteiger charge is 2.17. The number of anilines is 1. The van der Waals surface area contributed by atoms with Gasteiger partial charge in [0, 0.05) is 0 Å². The highest BCUT2D eigenvalue weighted by Crippen LogP contribution is 2.27. The van der Waals surface area contributed by atoms with Crippen molar-refractivity contribution in [3.63, 3.8) is 0 Å². The first-order chi connectivity index (χ1) is 7.61. The molecular weight excluding hydrogens is 226 g/mol. The van der Waals surface area contributed by atoms with Gasteiger partial charge in [0.2, 0.25) is 0 Å². The van der Waals surface area contributed by atoms with E-state index in [9.17, 15) is 9.59 Å². The third kappa shape index (κ3) is 1.63. The number of aromatic amines is 1. The van der Waals surface area contributed by atoms with Gasteiger partial charge in [-0.3, -0.25) is 9.59 Å². The van der Waals surface area contributed by atoms with Gasteiger partial charge < -0.3 is 5.73 Å². The molecule has 3 N–H and O–H groups in total. The molecule has 0 radical (unpaired) electrons. The number of carbonyl (C=O) groups excluding carboxylic acids is 1. The maximum atomic E-state index is 11.5. The lowest BCUT2D eigenvalue weighted by Gasteiger charge is -2.05. The fraction of sp³-hybridized carbons (Fsp3) is 0.100. The standard InChI is InChI=1S/C10H9N3O2S/c1-5(14)7-8(11)10(15)13-12-9(7)6-3-2-4-16-6/h2-4H,1H3,(H2,11,12)(H,13,15). The minimum absolute atomic E-state index is 0.0779. The lowest BCUT2D eigenvalue weighted by atomic mass is 10.1. The molecule has 0 spiro atoms. The number of hydrogen-bond acceptors (Lipinski definition) is 5. The Morgan fingerprint density at radius 1 is 1.56 bits per heavy atom. The molecule has 0 saturated carbocycles. The van der Waals surface area contributed by atoms with Gasteiger partial charge in [0.25, 0.3) is 5.56 Å². The Hall–Kier alpha value is -1.95. The maximum Gasteiger partial charge on any atom is 0.288 e. The number of nitrogens with two attached hydrogens (primary N) is 1. The molecule has 0 amide bonds. The minimum Gasteiger partial charge on any atom is -0.394 e. The number of hydrogen-bond donors (Lipinski definition) is 2. The number of H-pyrrole nitrogens is 1. The van der Waals surface area contributed by atoms with E-state index in [4.69, 9.17) is 5.73 Å². The van der Waals surface area contributed by atoms with Crippen molar-refractivity contribution in [1.29, 1.82) is 0 Å². The molecular formula is C10H9N3O2S. The molecule has 0 fully saturated rings. The summed E-state index contributed by atoms with van der Waals surface area (Å²) in [7, 11) is 0. The quantitative estimate of drug-likeness (QED) is 0.767. The number of rotatable bonds is 2. The van der Waals surface area contributed by atoms with Gasteiger partial charge in [0.05, 0.1) is 10.4 Å². The van der Waals surface area contributed by atoms with Crippen molar-refractivity contribution < 1.29 is 4.79 Å². The Balaban J connectivity index is 2.76. The Morgan fingerprint density at radius 2 is 2.31 bits per heavy atom. The SMILES string of the molecule is CC(=O)c1c(-c2cccs2)n[nH]c(=O)c1N. The van der Waals surface area contributed by atoms with Gasteiger partial charge in [-0.25, -0.2) is 5.10 Å². The topological polar surface area (TPSA) is 88.8 Å². The van der Waals surface area contributed by atoms with Crippen molar-refractivity contribution in [2.24, 2.45) is 0 Å². The molecule has 16 heavy (non-hydrogen) atoms. The molecule has 0 aliphatic carbocycles. The molecule has 2 rings (SSSR count). The van der Waals surface area contributed by atoms with Gasteiger partial charge in [0.1, 0.15) is 11.4 Å². The van der Waals surface area contributed by atoms with E-state index in [1.54, 1.807) is 0 Å². The van der Waals surface area contributed by atoms with Crippen molar-refractivity contribution in [3.05, 3.63) is 33.4 Å². The van der Waals surface area contributed by atoms with E-state index in [0.29, 0.717) is 5.69 Å². The van der Waals surface area contributed by atoms with Crippen LogP contribution in [0.1, 0.15) is 17.3 Å². The summed E-state index contributed by atoms with van der Waals surface area (Å²) in [5.41, 5.74) is 5.59. The van der Waals surface area contributed by atoms with E-state index in [-0.39, 0.29) is 17.0 Å². The molecule has 6 heteroatoms. The number of nitrogens with zero attached hydrogens (tertiary/aromatic N) is 1. The second-order valence-electron chi connectivity index (χ2n) is 3.22. The van der Waals surface area contributed by atoms with Crippen LogP contribution in [-0.4, -0.2) is 16.0 Å². The summed E-state index contributed by atoms with van der Waals surface area (Å²) in [6.45, 7) is 1.36. The Morgan fingerprint density at radius 3 is 2.88 bits per heavy atom. The summed E-state index contributed by atoms with van der Waals surface area (Å²) in [6.07, 6.45) is 0. The zero-order chi connectivity index (χ0) is 11.7. The van der Waals surface area contributed by atoms with E-state index in [1.807, 2.05) is 17.5 Å². The van der Waals surface area contributed by atoms with Crippen molar-refractivity contribution in [3.8, 4) is 10.6 Å². The maximum absolute atomic E-state index is 11.5. The minimum atomic E-state index is -0.537. The Bertz CT molecular complexity index is 587. The molecule has 2 aromatic rings. The number of nitrogen functional groups attached to an aromatic ring is 1. The molecule has 5 nitrogen and oxygen atoms in total. The number of carbonyl (C=O) groups is 1. The third-order valence-corrected chi connectivity index (χ3v) is 3.00. The Labute approximate surface area is 94.9 Å². The number of Topliss-reactive ketones (excluding diaryl/α,β-unsaturated/α-hetero) is 1. The largest absolute Gasteiger partial charge is 0.394 e. The summed E-state index contributed by atoms with van der Waals surface area (Å²) in [5, 5.41) is 8.01. The van der Waals surface area contributed by atoms with Crippen LogP contribution < -0.4 is 11.3 Å². The molecule has 0 aromatic carbocycles. The van der Waals surface area contributed by atoms with Crippen LogP contribution in [-0.2, 0) is 0 Å². The lowest BCUT2D eigenvalue weighted by molar-refractivity contribution is 0.101. The number of ketones is 1. The smallest absolute Gasteiger partial charge is 0.288 e. The molecule has 2 heterocycles. The summed E-state index contributed by atoms with van der Waals surface area (Å²) in [6, 6.07) is 3.66. The normalized spacial score (nSPS) is 10.3. The molecule has 0 bridgehead atoms. The second-order valence-corrected chi connectivity index (χ2v) is 4.17. The zero-order valence-corrected chi connectivity index (χ0v) is 9.30. The van der Waals surface area contributed by atoms with Gasteiger partial charge in [-0.1, -0.05) is 6.07 Å². The van der Waals surface area contributed by atoms with Gasteiger partial charge in [-0.15, -0.1) is 11.3 Å².